The Hall–Kier alpha value is -1.10. The van der Waals surface area contributed by atoms with E-state index in [1.807, 2.05) is 16.7 Å². The molecule has 0 aromatic carbocycles. The summed E-state index contributed by atoms with van der Waals surface area (Å²) in [5.41, 5.74) is 0. The summed E-state index contributed by atoms with van der Waals surface area (Å²) in [4.78, 5) is 28.7. The van der Waals surface area contributed by atoms with Crippen molar-refractivity contribution >= 4 is 11.8 Å². The maximum Gasteiger partial charge on any atom is 0.251 e. The van der Waals surface area contributed by atoms with Crippen LogP contribution >= 0.6 is 0 Å². The van der Waals surface area contributed by atoms with Gasteiger partial charge in [0.1, 0.15) is 6.10 Å². The van der Waals surface area contributed by atoms with Crippen LogP contribution in [0.25, 0.3) is 0 Å². The van der Waals surface area contributed by atoms with Gasteiger partial charge in [0.05, 0.1) is 6.10 Å². The van der Waals surface area contributed by atoms with Gasteiger partial charge in [-0.2, -0.15) is 0 Å². The van der Waals surface area contributed by atoms with E-state index in [9.17, 15) is 9.59 Å². The number of carbonyl (C=O) groups is 2. The van der Waals surface area contributed by atoms with Crippen LogP contribution in [0, 0.1) is 5.92 Å². The van der Waals surface area contributed by atoms with Crippen molar-refractivity contribution in [2.24, 2.45) is 5.92 Å². The number of hydrogen-bond acceptors (Lipinski definition) is 3. The van der Waals surface area contributed by atoms with Crippen LogP contribution in [0.2, 0.25) is 0 Å². The van der Waals surface area contributed by atoms with Gasteiger partial charge in [0.25, 0.3) is 5.91 Å². The van der Waals surface area contributed by atoms with Crippen molar-refractivity contribution in [2.75, 3.05) is 19.6 Å². The highest BCUT2D eigenvalue weighted by molar-refractivity contribution is 5.81. The predicted octanol–water partition coefficient (Wildman–Crippen LogP) is 2.58. The summed E-state index contributed by atoms with van der Waals surface area (Å²) in [7, 11) is 0. The molecule has 24 heavy (non-hydrogen) atoms. The van der Waals surface area contributed by atoms with E-state index in [2.05, 4.69) is 6.92 Å². The van der Waals surface area contributed by atoms with Crippen LogP contribution in [0.3, 0.4) is 0 Å². The minimum atomic E-state index is -0.367. The highest BCUT2D eigenvalue weighted by Crippen LogP contribution is 2.27. The van der Waals surface area contributed by atoms with Crippen molar-refractivity contribution < 1.29 is 14.3 Å². The zero-order valence-corrected chi connectivity index (χ0v) is 15.2. The van der Waals surface area contributed by atoms with Crippen LogP contribution in [-0.4, -0.2) is 59.5 Å². The quantitative estimate of drug-likeness (QED) is 0.793. The Kier molecular flexibility index (Phi) is 5.80. The lowest BCUT2D eigenvalue weighted by Gasteiger charge is -2.39. The average molecular weight is 336 g/mol. The number of amides is 2. The molecular weight excluding hydrogens is 304 g/mol. The molecule has 1 saturated carbocycles. The zero-order valence-electron chi connectivity index (χ0n) is 15.2. The molecule has 2 saturated heterocycles. The summed E-state index contributed by atoms with van der Waals surface area (Å²) in [6.07, 6.45) is 8.12. The molecule has 136 valence electrons. The first-order valence-electron chi connectivity index (χ1n) is 9.78. The third-order valence-electron chi connectivity index (χ3n) is 5.89. The van der Waals surface area contributed by atoms with Crippen LogP contribution < -0.4 is 0 Å². The fourth-order valence-electron chi connectivity index (χ4n) is 4.57. The summed E-state index contributed by atoms with van der Waals surface area (Å²) in [6.45, 7) is 6.50. The SMILES string of the molecule is C[C@@H]1CCC[C@H](O[C@H](C)C(=O)N2CCC[C@H](N3CCCC3=O)C2)C1. The molecule has 0 unspecified atom stereocenters. The van der Waals surface area contributed by atoms with Crippen LogP contribution in [0.1, 0.15) is 65.2 Å². The third-order valence-corrected chi connectivity index (χ3v) is 5.89. The van der Waals surface area contributed by atoms with E-state index in [0.29, 0.717) is 18.9 Å². The van der Waals surface area contributed by atoms with E-state index in [0.717, 1.165) is 45.2 Å². The van der Waals surface area contributed by atoms with Gasteiger partial charge in [-0.1, -0.05) is 19.8 Å². The fourth-order valence-corrected chi connectivity index (χ4v) is 4.57. The van der Waals surface area contributed by atoms with E-state index in [-0.39, 0.29) is 30.1 Å². The molecule has 2 aliphatic heterocycles. The van der Waals surface area contributed by atoms with Gasteiger partial charge in [0.2, 0.25) is 5.91 Å². The molecule has 0 N–H and O–H groups in total. The smallest absolute Gasteiger partial charge is 0.251 e. The molecule has 2 heterocycles. The van der Waals surface area contributed by atoms with Crippen molar-refractivity contribution in [3.8, 4) is 0 Å². The second-order valence-electron chi connectivity index (χ2n) is 7.94. The molecule has 0 aromatic heterocycles. The van der Waals surface area contributed by atoms with Crippen molar-refractivity contribution in [3.05, 3.63) is 0 Å². The number of nitrogens with zero attached hydrogens (tertiary/aromatic N) is 2. The van der Waals surface area contributed by atoms with Crippen molar-refractivity contribution in [1.29, 1.82) is 0 Å². The van der Waals surface area contributed by atoms with Crippen molar-refractivity contribution in [3.63, 3.8) is 0 Å². The van der Waals surface area contributed by atoms with Crippen LogP contribution in [0.5, 0.6) is 0 Å². The normalized spacial score (nSPS) is 32.9. The molecule has 4 atom stereocenters. The van der Waals surface area contributed by atoms with Crippen molar-refractivity contribution in [2.45, 2.75) is 83.5 Å². The minimum Gasteiger partial charge on any atom is -0.365 e. The van der Waals surface area contributed by atoms with Gasteiger partial charge in [-0.3, -0.25) is 9.59 Å². The Labute approximate surface area is 145 Å². The van der Waals surface area contributed by atoms with E-state index >= 15 is 0 Å². The van der Waals surface area contributed by atoms with Gasteiger partial charge in [-0.15, -0.1) is 0 Å². The Morgan fingerprint density at radius 3 is 2.71 bits per heavy atom. The lowest BCUT2D eigenvalue weighted by Crippen LogP contribution is -2.52. The molecule has 0 spiro atoms. The second-order valence-corrected chi connectivity index (χ2v) is 7.94. The number of likely N-dealkylation sites (tertiary alicyclic amines) is 2. The largest absolute Gasteiger partial charge is 0.365 e. The Morgan fingerprint density at radius 2 is 2.00 bits per heavy atom. The molecule has 0 radical (unpaired) electrons. The molecule has 1 aliphatic carbocycles. The molecule has 3 fully saturated rings. The van der Waals surface area contributed by atoms with E-state index < -0.39 is 0 Å². The Morgan fingerprint density at radius 1 is 1.17 bits per heavy atom. The van der Waals surface area contributed by atoms with Crippen LogP contribution in [0.15, 0.2) is 0 Å². The highest BCUT2D eigenvalue weighted by atomic mass is 16.5. The van der Waals surface area contributed by atoms with E-state index in [1.54, 1.807) is 0 Å². The standard InChI is InChI=1S/C19H32N2O3/c1-14-6-3-8-17(12-14)24-15(2)19(23)20-10-4-7-16(13-20)21-11-5-9-18(21)22/h14-17H,3-13H2,1-2H3/t14-,15-,16+,17+/m1/s1. The number of piperidine rings is 1. The molecule has 2 amide bonds. The molecule has 0 bridgehead atoms. The minimum absolute atomic E-state index is 0.101. The first-order chi connectivity index (χ1) is 11.5. The maximum atomic E-state index is 12.8. The van der Waals surface area contributed by atoms with Gasteiger partial charge < -0.3 is 14.5 Å². The van der Waals surface area contributed by atoms with Gasteiger partial charge >= 0.3 is 0 Å². The first kappa shape index (κ1) is 17.7. The number of rotatable bonds is 4. The zero-order chi connectivity index (χ0) is 17.1. The second kappa shape index (κ2) is 7.85. The lowest BCUT2D eigenvalue weighted by molar-refractivity contribution is -0.151. The summed E-state index contributed by atoms with van der Waals surface area (Å²) < 4.78 is 6.09. The Bertz CT molecular complexity index is 468. The molecule has 3 aliphatic rings. The van der Waals surface area contributed by atoms with Crippen molar-refractivity contribution in [1.82, 2.24) is 9.80 Å². The number of carbonyl (C=O) groups excluding carboxylic acids is 2. The van der Waals surface area contributed by atoms with Crippen LogP contribution in [-0.2, 0) is 14.3 Å². The monoisotopic (exact) mass is 336 g/mol. The summed E-state index contributed by atoms with van der Waals surface area (Å²) in [5.74, 6) is 1.06. The van der Waals surface area contributed by atoms with Gasteiger partial charge in [0, 0.05) is 32.1 Å². The first-order valence-corrected chi connectivity index (χ1v) is 9.78. The lowest BCUT2D eigenvalue weighted by atomic mass is 9.88. The highest BCUT2D eigenvalue weighted by Gasteiger charge is 2.34. The summed E-state index contributed by atoms with van der Waals surface area (Å²) in [5, 5.41) is 0. The van der Waals surface area contributed by atoms with E-state index in [4.69, 9.17) is 4.74 Å². The topological polar surface area (TPSA) is 49.9 Å². The fraction of sp³-hybridized carbons (Fsp3) is 0.895. The Balaban J connectivity index is 1.52. The summed E-state index contributed by atoms with van der Waals surface area (Å²) in [6, 6.07) is 0.208. The average Bonchev–Trinajstić information content (AvgIpc) is 3.00. The molecule has 0 aromatic rings. The van der Waals surface area contributed by atoms with Crippen LogP contribution in [0.4, 0.5) is 0 Å². The molecule has 3 rings (SSSR count). The van der Waals surface area contributed by atoms with E-state index in [1.165, 1.54) is 12.8 Å². The van der Waals surface area contributed by atoms with Gasteiger partial charge in [0.15, 0.2) is 0 Å². The van der Waals surface area contributed by atoms with Gasteiger partial charge in [-0.25, -0.2) is 0 Å². The van der Waals surface area contributed by atoms with Gasteiger partial charge in [-0.05, 0) is 44.9 Å². The third kappa shape index (κ3) is 4.11. The molecule has 5 heteroatoms. The number of hydrogen-bond donors (Lipinski definition) is 0. The number of ether oxygens (including phenoxy) is 1. The summed E-state index contributed by atoms with van der Waals surface area (Å²) >= 11 is 0. The maximum absolute atomic E-state index is 12.8. The molecule has 5 nitrogen and oxygen atoms in total. The predicted molar refractivity (Wildman–Crippen MR) is 92.5 cm³/mol. The molecular formula is C19H32N2O3.